The van der Waals surface area contributed by atoms with E-state index in [2.05, 4.69) is 15.5 Å². The molecule has 0 saturated heterocycles. The van der Waals surface area contributed by atoms with E-state index in [1.807, 2.05) is 17.5 Å². The first-order valence-electron chi connectivity index (χ1n) is 7.88. The number of oxazole rings is 1. The van der Waals surface area contributed by atoms with Crippen molar-refractivity contribution in [3.63, 3.8) is 0 Å². The molecule has 0 atom stereocenters. The molecule has 1 amide bonds. The average molecular weight is 370 g/mol. The van der Waals surface area contributed by atoms with Gasteiger partial charge < -0.3 is 14.3 Å². The molecule has 1 N–H and O–H groups in total. The summed E-state index contributed by atoms with van der Waals surface area (Å²) in [6.07, 6.45) is 0.564. The van der Waals surface area contributed by atoms with E-state index in [9.17, 15) is 9.59 Å². The third kappa shape index (κ3) is 3.42. The summed E-state index contributed by atoms with van der Waals surface area (Å²) in [4.78, 5) is 29.4. The van der Waals surface area contributed by atoms with Crippen LogP contribution in [-0.4, -0.2) is 20.6 Å². The molecular formula is C17H14N4O4S. The SMILES string of the molecule is O=C(Cn1c(=O)oc2ccccc21)NCc1noc(Cc2cccs2)n1. The van der Waals surface area contributed by atoms with Gasteiger partial charge in [-0.15, -0.1) is 11.3 Å². The molecule has 0 aliphatic rings. The molecule has 0 aliphatic carbocycles. The summed E-state index contributed by atoms with van der Waals surface area (Å²) in [6.45, 7) is -0.0208. The molecule has 3 heterocycles. The lowest BCUT2D eigenvalue weighted by Gasteiger charge is -2.03. The van der Waals surface area contributed by atoms with Gasteiger partial charge in [0.25, 0.3) is 0 Å². The van der Waals surface area contributed by atoms with Crippen LogP contribution >= 0.6 is 11.3 Å². The molecule has 26 heavy (non-hydrogen) atoms. The number of hydrogen-bond acceptors (Lipinski definition) is 7. The zero-order valence-electron chi connectivity index (χ0n) is 13.5. The van der Waals surface area contributed by atoms with Crippen LogP contribution in [0.25, 0.3) is 11.1 Å². The van der Waals surface area contributed by atoms with Gasteiger partial charge in [0, 0.05) is 4.88 Å². The summed E-state index contributed by atoms with van der Waals surface area (Å²) >= 11 is 1.61. The Morgan fingerprint density at radius 1 is 1.23 bits per heavy atom. The maximum Gasteiger partial charge on any atom is 0.420 e. The van der Waals surface area contributed by atoms with Gasteiger partial charge in [0.05, 0.1) is 18.5 Å². The van der Waals surface area contributed by atoms with Gasteiger partial charge >= 0.3 is 5.76 Å². The van der Waals surface area contributed by atoms with E-state index < -0.39 is 5.76 Å². The van der Waals surface area contributed by atoms with Crippen LogP contribution in [0.1, 0.15) is 16.6 Å². The summed E-state index contributed by atoms with van der Waals surface area (Å²) < 4.78 is 11.6. The van der Waals surface area contributed by atoms with Crippen LogP contribution < -0.4 is 11.1 Å². The van der Waals surface area contributed by atoms with Gasteiger partial charge in [-0.2, -0.15) is 4.98 Å². The van der Waals surface area contributed by atoms with Gasteiger partial charge in [-0.25, -0.2) is 4.79 Å². The molecular weight excluding hydrogens is 356 g/mol. The lowest BCUT2D eigenvalue weighted by atomic mass is 10.3. The van der Waals surface area contributed by atoms with Gasteiger partial charge in [0.15, 0.2) is 11.4 Å². The molecule has 4 aromatic rings. The normalized spacial score (nSPS) is 11.1. The molecule has 0 spiro atoms. The van der Waals surface area contributed by atoms with Crippen molar-refractivity contribution in [3.05, 3.63) is 68.9 Å². The highest BCUT2D eigenvalue weighted by molar-refractivity contribution is 7.09. The maximum absolute atomic E-state index is 12.1. The van der Waals surface area contributed by atoms with Crippen molar-refractivity contribution in [1.82, 2.24) is 20.0 Å². The van der Waals surface area contributed by atoms with Gasteiger partial charge in [-0.3, -0.25) is 9.36 Å². The summed E-state index contributed by atoms with van der Waals surface area (Å²) in [5.74, 6) is -0.0366. The predicted octanol–water partition coefficient (Wildman–Crippen LogP) is 1.95. The lowest BCUT2D eigenvalue weighted by molar-refractivity contribution is -0.121. The molecule has 1 aromatic carbocycles. The van der Waals surface area contributed by atoms with Crippen LogP contribution in [0.2, 0.25) is 0 Å². The number of fused-ring (bicyclic) bond motifs is 1. The highest BCUT2D eigenvalue weighted by atomic mass is 32.1. The van der Waals surface area contributed by atoms with Crippen molar-refractivity contribution in [1.29, 1.82) is 0 Å². The first kappa shape index (κ1) is 16.3. The predicted molar refractivity (Wildman–Crippen MR) is 93.7 cm³/mol. The summed E-state index contributed by atoms with van der Waals surface area (Å²) in [7, 11) is 0. The molecule has 9 heteroatoms. The van der Waals surface area contributed by atoms with E-state index in [0.29, 0.717) is 29.2 Å². The van der Waals surface area contributed by atoms with E-state index in [1.165, 1.54) is 4.57 Å². The van der Waals surface area contributed by atoms with Crippen LogP contribution in [0, 0.1) is 0 Å². The first-order chi connectivity index (χ1) is 12.7. The Morgan fingerprint density at radius 3 is 2.96 bits per heavy atom. The number of nitrogens with one attached hydrogen (secondary N) is 1. The Balaban J connectivity index is 1.37. The summed E-state index contributed by atoms with van der Waals surface area (Å²) in [5.41, 5.74) is 1.02. The van der Waals surface area contributed by atoms with Crippen molar-refractivity contribution >= 4 is 28.3 Å². The largest absolute Gasteiger partial charge is 0.420 e. The van der Waals surface area contributed by atoms with Crippen molar-refractivity contribution in [2.24, 2.45) is 0 Å². The highest BCUT2D eigenvalue weighted by Crippen LogP contribution is 2.13. The number of para-hydroxylation sites is 2. The van der Waals surface area contributed by atoms with Crippen LogP contribution in [0.15, 0.2) is 55.5 Å². The Morgan fingerprint density at radius 2 is 2.12 bits per heavy atom. The minimum Gasteiger partial charge on any atom is -0.408 e. The van der Waals surface area contributed by atoms with E-state index >= 15 is 0 Å². The van der Waals surface area contributed by atoms with Gasteiger partial charge in [-0.1, -0.05) is 23.4 Å². The Bertz CT molecular complexity index is 1090. The van der Waals surface area contributed by atoms with Crippen molar-refractivity contribution in [2.45, 2.75) is 19.5 Å². The zero-order valence-corrected chi connectivity index (χ0v) is 14.4. The molecule has 0 bridgehead atoms. The highest BCUT2D eigenvalue weighted by Gasteiger charge is 2.13. The second-order valence-electron chi connectivity index (χ2n) is 5.56. The first-order valence-corrected chi connectivity index (χ1v) is 8.76. The van der Waals surface area contributed by atoms with E-state index in [0.717, 1.165) is 4.88 Å². The Kier molecular flexibility index (Phi) is 4.36. The minimum absolute atomic E-state index is 0.122. The number of rotatable bonds is 6. The Labute approximate surface area is 151 Å². The molecule has 0 radical (unpaired) electrons. The molecule has 3 aromatic heterocycles. The van der Waals surface area contributed by atoms with Crippen molar-refractivity contribution < 1.29 is 13.7 Å². The number of hydrogen-bond donors (Lipinski definition) is 1. The topological polar surface area (TPSA) is 103 Å². The van der Waals surface area contributed by atoms with Crippen molar-refractivity contribution in [2.75, 3.05) is 0 Å². The Hall–Kier alpha value is -3.20. The standard InChI is InChI=1S/C17H14N4O4S/c22-15(10-21-12-5-1-2-6-13(12)24-17(21)23)18-9-14-19-16(25-20-14)8-11-4-3-7-26-11/h1-7H,8-10H2,(H,18,22). The monoisotopic (exact) mass is 370 g/mol. The molecule has 0 saturated carbocycles. The van der Waals surface area contributed by atoms with Crippen LogP contribution in [-0.2, 0) is 24.3 Å². The summed E-state index contributed by atoms with van der Waals surface area (Å²) in [6, 6.07) is 10.9. The minimum atomic E-state index is -0.570. The number of carbonyl (C=O) groups is 1. The molecule has 4 rings (SSSR count). The maximum atomic E-state index is 12.1. The van der Waals surface area contributed by atoms with Crippen LogP contribution in [0.4, 0.5) is 0 Å². The number of nitrogens with zero attached hydrogens (tertiary/aromatic N) is 3. The van der Waals surface area contributed by atoms with Crippen molar-refractivity contribution in [3.8, 4) is 0 Å². The number of carbonyl (C=O) groups excluding carboxylic acids is 1. The number of benzene rings is 1. The number of amides is 1. The van der Waals surface area contributed by atoms with E-state index in [4.69, 9.17) is 8.94 Å². The van der Waals surface area contributed by atoms with Gasteiger partial charge in [-0.05, 0) is 23.6 Å². The fourth-order valence-electron chi connectivity index (χ4n) is 2.54. The van der Waals surface area contributed by atoms with Gasteiger partial charge in [0.1, 0.15) is 6.54 Å². The number of thiophene rings is 1. The molecule has 8 nitrogen and oxygen atoms in total. The molecule has 0 fully saturated rings. The third-order valence-corrected chi connectivity index (χ3v) is 4.61. The number of aromatic nitrogens is 3. The second kappa shape index (κ2) is 6.96. The van der Waals surface area contributed by atoms with E-state index in [1.54, 1.807) is 35.6 Å². The second-order valence-corrected chi connectivity index (χ2v) is 6.59. The van der Waals surface area contributed by atoms with E-state index in [-0.39, 0.29) is 19.0 Å². The van der Waals surface area contributed by atoms with Crippen LogP contribution in [0.3, 0.4) is 0 Å². The fraction of sp³-hybridized carbons (Fsp3) is 0.176. The zero-order chi connectivity index (χ0) is 17.9. The lowest BCUT2D eigenvalue weighted by Crippen LogP contribution is -2.30. The molecule has 0 aliphatic heterocycles. The van der Waals surface area contributed by atoms with Gasteiger partial charge in [0.2, 0.25) is 11.8 Å². The quantitative estimate of drug-likeness (QED) is 0.556. The molecule has 132 valence electrons. The summed E-state index contributed by atoms with van der Waals surface area (Å²) in [5, 5.41) is 8.51. The average Bonchev–Trinajstić information content (AvgIpc) is 3.36. The fourth-order valence-corrected chi connectivity index (χ4v) is 3.23. The smallest absolute Gasteiger partial charge is 0.408 e. The third-order valence-electron chi connectivity index (χ3n) is 3.73. The van der Waals surface area contributed by atoms with Crippen LogP contribution in [0.5, 0.6) is 0 Å². The molecule has 0 unspecified atom stereocenters.